The molecule has 0 aromatic heterocycles. The maximum absolute atomic E-state index is 13.8. The number of nitrogens with one attached hydrogen (secondary N) is 1. The average molecular weight is 388 g/mol. The van der Waals surface area contributed by atoms with Crippen LogP contribution in [-0.4, -0.2) is 18.3 Å². The van der Waals surface area contributed by atoms with E-state index in [0.29, 0.717) is 10.6 Å². The number of benzene rings is 3. The first-order chi connectivity index (χ1) is 13.7. The fraction of sp³-hybridized carbons (Fsp3) is 0.0435. The van der Waals surface area contributed by atoms with Gasteiger partial charge in [-0.15, -0.1) is 0 Å². The molecule has 0 saturated heterocycles. The number of hydrazone groups is 1. The van der Waals surface area contributed by atoms with E-state index in [1.165, 1.54) is 6.21 Å². The lowest BCUT2D eigenvalue weighted by atomic mass is 10.2. The molecule has 28 heavy (non-hydrogen) atoms. The van der Waals surface area contributed by atoms with Gasteiger partial charge in [0.05, 0.1) is 6.16 Å². The molecular weight excluding hydrogens is 367 g/mol. The number of carbonyl (C=O) groups excluding carboxylic acids is 1. The summed E-state index contributed by atoms with van der Waals surface area (Å²) in [6, 6.07) is 28.0. The molecule has 0 aliphatic rings. The van der Waals surface area contributed by atoms with Crippen LogP contribution < -0.4 is 16.0 Å². The highest BCUT2D eigenvalue weighted by Gasteiger charge is 2.29. The average Bonchev–Trinajstić information content (AvgIpc) is 2.75. The van der Waals surface area contributed by atoms with Crippen LogP contribution in [0.2, 0.25) is 0 Å². The summed E-state index contributed by atoms with van der Waals surface area (Å²) in [5.41, 5.74) is 3.51. The van der Waals surface area contributed by atoms with Crippen LogP contribution in [0, 0.1) is 0 Å². The van der Waals surface area contributed by atoms with E-state index >= 15 is 0 Å². The third-order valence-electron chi connectivity index (χ3n) is 4.15. The second kappa shape index (κ2) is 9.63. The molecule has 0 fully saturated rings. The van der Waals surface area contributed by atoms with Gasteiger partial charge in [-0.1, -0.05) is 97.1 Å². The highest BCUT2D eigenvalue weighted by molar-refractivity contribution is 7.79. The largest absolute Gasteiger partial charge is 0.313 e. The van der Waals surface area contributed by atoms with Crippen molar-refractivity contribution in [1.29, 1.82) is 0 Å². The number of hydrogen-bond acceptors (Lipinski definition) is 3. The Bertz CT molecular complexity index is 957. The molecule has 1 N–H and O–H groups in total. The molecule has 4 nitrogen and oxygen atoms in total. The fourth-order valence-corrected chi connectivity index (χ4v) is 5.22. The molecule has 1 amide bonds. The zero-order valence-electron chi connectivity index (χ0n) is 15.3. The number of allylic oxidation sites excluding steroid dienone is 1. The Hall–Kier alpha value is -3.23. The zero-order chi connectivity index (χ0) is 19.7. The molecule has 0 spiro atoms. The van der Waals surface area contributed by atoms with E-state index < -0.39 is 7.14 Å². The SMILES string of the molecule is O=C(CP(=O)(c1ccccc1)c1ccccc1)N/N=C/C=C/c1ccccc1. The lowest BCUT2D eigenvalue weighted by Crippen LogP contribution is -2.28. The second-order valence-electron chi connectivity index (χ2n) is 6.15. The van der Waals surface area contributed by atoms with E-state index in [1.54, 1.807) is 30.3 Å². The summed E-state index contributed by atoms with van der Waals surface area (Å²) >= 11 is 0. The first-order valence-corrected chi connectivity index (χ1v) is 10.8. The molecule has 0 unspecified atom stereocenters. The van der Waals surface area contributed by atoms with Crippen LogP contribution in [0.4, 0.5) is 0 Å². The second-order valence-corrected chi connectivity index (χ2v) is 8.98. The van der Waals surface area contributed by atoms with Crippen molar-refractivity contribution in [2.45, 2.75) is 0 Å². The van der Waals surface area contributed by atoms with E-state index in [-0.39, 0.29) is 12.1 Å². The van der Waals surface area contributed by atoms with Crippen LogP contribution in [0.25, 0.3) is 6.08 Å². The van der Waals surface area contributed by atoms with Gasteiger partial charge in [0.1, 0.15) is 0 Å². The molecule has 0 atom stereocenters. The van der Waals surface area contributed by atoms with Gasteiger partial charge in [-0.05, 0) is 11.6 Å². The molecule has 0 bridgehead atoms. The minimum absolute atomic E-state index is 0.138. The number of amides is 1. The standard InChI is InChI=1S/C23H21N2O2P/c26-23(25-24-18-10-13-20-11-4-1-5-12-20)19-28(27,21-14-6-2-7-15-21)22-16-8-3-9-17-22/h1-18H,19H2,(H,25,26)/b13-10+,24-18+. The zero-order valence-corrected chi connectivity index (χ0v) is 16.2. The highest BCUT2D eigenvalue weighted by atomic mass is 31.2. The van der Waals surface area contributed by atoms with Gasteiger partial charge in [0.25, 0.3) is 0 Å². The summed E-state index contributed by atoms with van der Waals surface area (Å²) in [6.45, 7) is 0. The molecule has 5 heteroatoms. The van der Waals surface area contributed by atoms with Crippen LogP contribution in [0.15, 0.2) is 102 Å². The lowest BCUT2D eigenvalue weighted by Gasteiger charge is -2.18. The predicted molar refractivity (Wildman–Crippen MR) is 117 cm³/mol. The van der Waals surface area contributed by atoms with Crippen LogP contribution in [-0.2, 0) is 9.36 Å². The summed E-state index contributed by atoms with van der Waals surface area (Å²) < 4.78 is 13.8. The van der Waals surface area contributed by atoms with Gasteiger partial charge >= 0.3 is 0 Å². The Morgan fingerprint density at radius 3 is 1.86 bits per heavy atom. The number of hydrogen-bond donors (Lipinski definition) is 1. The molecular formula is C23H21N2O2P. The summed E-state index contributed by atoms with van der Waals surface area (Å²) in [4.78, 5) is 12.4. The highest BCUT2D eigenvalue weighted by Crippen LogP contribution is 2.42. The van der Waals surface area contributed by atoms with E-state index in [9.17, 15) is 9.36 Å². The van der Waals surface area contributed by atoms with Gasteiger partial charge in [-0.3, -0.25) is 4.79 Å². The predicted octanol–water partition coefficient (Wildman–Crippen LogP) is 3.82. The molecule has 3 aromatic carbocycles. The quantitative estimate of drug-likeness (QED) is 0.380. The molecule has 0 heterocycles. The summed E-state index contributed by atoms with van der Waals surface area (Å²) in [5, 5.41) is 5.24. The maximum atomic E-state index is 13.8. The Kier molecular flexibility index (Phi) is 6.72. The lowest BCUT2D eigenvalue weighted by molar-refractivity contribution is -0.118. The molecule has 0 aliphatic heterocycles. The molecule has 140 valence electrons. The number of rotatable bonds is 7. The van der Waals surface area contributed by atoms with E-state index in [1.807, 2.05) is 72.8 Å². The van der Waals surface area contributed by atoms with Crippen LogP contribution in [0.3, 0.4) is 0 Å². The third kappa shape index (κ3) is 5.15. The molecule has 0 saturated carbocycles. The van der Waals surface area contributed by atoms with Gasteiger partial charge in [-0.2, -0.15) is 5.10 Å². The van der Waals surface area contributed by atoms with Crippen molar-refractivity contribution in [1.82, 2.24) is 5.43 Å². The summed E-state index contributed by atoms with van der Waals surface area (Å²) in [6.07, 6.45) is 4.99. The van der Waals surface area contributed by atoms with E-state index in [4.69, 9.17) is 0 Å². The Labute approximate surface area is 165 Å². The van der Waals surface area contributed by atoms with Crippen LogP contribution in [0.5, 0.6) is 0 Å². The maximum Gasteiger partial charge on any atom is 0.248 e. The molecule has 0 radical (unpaired) electrons. The minimum atomic E-state index is -3.09. The van der Waals surface area contributed by atoms with Gasteiger partial charge in [0.15, 0.2) is 7.14 Å². The first kappa shape index (κ1) is 19.5. The Morgan fingerprint density at radius 2 is 1.32 bits per heavy atom. The summed E-state index contributed by atoms with van der Waals surface area (Å²) in [7, 11) is -3.09. The van der Waals surface area contributed by atoms with Gasteiger partial charge in [0, 0.05) is 16.8 Å². The van der Waals surface area contributed by atoms with Crippen molar-refractivity contribution in [3.05, 3.63) is 103 Å². The fourth-order valence-electron chi connectivity index (χ4n) is 2.78. The number of carbonyl (C=O) groups is 1. The van der Waals surface area contributed by atoms with Crippen LogP contribution in [0.1, 0.15) is 5.56 Å². The van der Waals surface area contributed by atoms with Gasteiger partial charge < -0.3 is 4.57 Å². The van der Waals surface area contributed by atoms with E-state index in [0.717, 1.165) is 5.56 Å². The number of nitrogens with zero attached hydrogens (tertiary/aromatic N) is 1. The van der Waals surface area contributed by atoms with Crippen molar-refractivity contribution in [3.63, 3.8) is 0 Å². The van der Waals surface area contributed by atoms with Crippen molar-refractivity contribution in [2.24, 2.45) is 5.10 Å². The smallest absolute Gasteiger partial charge is 0.248 e. The van der Waals surface area contributed by atoms with Gasteiger partial charge in [-0.25, -0.2) is 5.43 Å². The summed E-state index contributed by atoms with van der Waals surface area (Å²) in [5.74, 6) is -0.389. The molecule has 0 aliphatic carbocycles. The van der Waals surface area contributed by atoms with Crippen molar-refractivity contribution in [2.75, 3.05) is 6.16 Å². The van der Waals surface area contributed by atoms with Crippen molar-refractivity contribution in [3.8, 4) is 0 Å². The Morgan fingerprint density at radius 1 is 0.821 bits per heavy atom. The monoisotopic (exact) mass is 388 g/mol. The topological polar surface area (TPSA) is 58.5 Å². The Balaban J connectivity index is 1.69. The molecule has 3 aromatic rings. The third-order valence-corrected chi connectivity index (χ3v) is 7.15. The van der Waals surface area contributed by atoms with E-state index in [2.05, 4.69) is 10.5 Å². The van der Waals surface area contributed by atoms with Gasteiger partial charge in [0.2, 0.25) is 5.91 Å². The molecule has 3 rings (SSSR count). The van der Waals surface area contributed by atoms with Crippen molar-refractivity contribution >= 4 is 35.9 Å². The normalized spacial score (nSPS) is 11.7. The van der Waals surface area contributed by atoms with Crippen LogP contribution >= 0.6 is 7.14 Å². The minimum Gasteiger partial charge on any atom is -0.313 e. The first-order valence-electron chi connectivity index (χ1n) is 8.92. The van der Waals surface area contributed by atoms with Crippen molar-refractivity contribution < 1.29 is 9.36 Å².